The van der Waals surface area contributed by atoms with Crippen LogP contribution < -0.4 is 0 Å². The summed E-state index contributed by atoms with van der Waals surface area (Å²) < 4.78 is 0. The molecule has 0 bridgehead atoms. The van der Waals surface area contributed by atoms with Gasteiger partial charge in [0.25, 0.3) is 0 Å². The summed E-state index contributed by atoms with van der Waals surface area (Å²) in [5, 5.41) is 8.65. The van der Waals surface area contributed by atoms with Crippen LogP contribution in [0.5, 0.6) is 0 Å². The first kappa shape index (κ1) is 7.78. The lowest BCUT2D eigenvalue weighted by Gasteiger charge is -2.17. The van der Waals surface area contributed by atoms with Crippen LogP contribution in [0.3, 0.4) is 0 Å². The predicted molar refractivity (Wildman–Crippen MR) is 41.5 cm³/mol. The number of hydrogen-bond donors (Lipinski definition) is 1. The highest BCUT2D eigenvalue weighted by Gasteiger charge is 2.14. The number of aliphatic carboxylic acids is 1. The SMILES string of the molecule is CC1=NCN(C)C=C1C(=O)O. The summed E-state index contributed by atoms with van der Waals surface area (Å²) in [7, 11) is 1.79. The standard InChI is InChI=1S/C7H10N2O2/c1-5-6(7(10)11)3-9(2)4-8-5/h3H,4H2,1-2H3,(H,10,11). The molecule has 0 unspecified atom stereocenters. The molecule has 0 spiro atoms. The minimum Gasteiger partial charge on any atom is -0.478 e. The normalized spacial score (nSPS) is 17.5. The fourth-order valence-electron chi connectivity index (χ4n) is 0.867. The Kier molecular flexibility index (Phi) is 1.94. The Balaban J connectivity index is 2.90. The van der Waals surface area contributed by atoms with Crippen molar-refractivity contribution in [2.45, 2.75) is 6.92 Å². The van der Waals surface area contributed by atoms with E-state index in [4.69, 9.17) is 5.11 Å². The molecule has 1 aliphatic rings. The molecule has 1 heterocycles. The Morgan fingerprint density at radius 2 is 2.45 bits per heavy atom. The van der Waals surface area contributed by atoms with Crippen LogP contribution in [0.1, 0.15) is 6.92 Å². The molecular weight excluding hydrogens is 144 g/mol. The van der Waals surface area contributed by atoms with Gasteiger partial charge in [-0.15, -0.1) is 0 Å². The third-order valence-electron chi connectivity index (χ3n) is 1.50. The monoisotopic (exact) mass is 154 g/mol. The summed E-state index contributed by atoms with van der Waals surface area (Å²) >= 11 is 0. The van der Waals surface area contributed by atoms with Crippen molar-refractivity contribution in [3.05, 3.63) is 11.8 Å². The molecule has 0 radical (unpaired) electrons. The zero-order chi connectivity index (χ0) is 8.43. The average Bonchev–Trinajstić information content (AvgIpc) is 1.94. The molecule has 4 heteroatoms. The minimum atomic E-state index is -0.919. The van der Waals surface area contributed by atoms with E-state index in [2.05, 4.69) is 4.99 Å². The van der Waals surface area contributed by atoms with Crippen molar-refractivity contribution in [2.75, 3.05) is 13.7 Å². The molecule has 4 nitrogen and oxygen atoms in total. The van der Waals surface area contributed by atoms with Gasteiger partial charge in [-0.2, -0.15) is 0 Å². The molecule has 0 aliphatic carbocycles. The highest BCUT2D eigenvalue weighted by molar-refractivity contribution is 6.18. The first-order chi connectivity index (χ1) is 5.11. The number of nitrogens with zero attached hydrogens (tertiary/aromatic N) is 2. The number of carboxylic acid groups (broad SMARTS) is 1. The summed E-state index contributed by atoms with van der Waals surface area (Å²) in [4.78, 5) is 16.3. The van der Waals surface area contributed by atoms with Crippen molar-refractivity contribution in [1.82, 2.24) is 4.90 Å². The van der Waals surface area contributed by atoms with Crippen molar-refractivity contribution >= 4 is 11.7 Å². The second-order valence-electron chi connectivity index (χ2n) is 2.49. The predicted octanol–water partition coefficient (Wildman–Crippen LogP) is 0.319. The largest absolute Gasteiger partial charge is 0.478 e. The van der Waals surface area contributed by atoms with Gasteiger partial charge in [0, 0.05) is 19.0 Å². The lowest BCUT2D eigenvalue weighted by Crippen LogP contribution is -2.23. The van der Waals surface area contributed by atoms with E-state index in [1.54, 1.807) is 25.1 Å². The maximum absolute atomic E-state index is 10.5. The maximum atomic E-state index is 10.5. The molecule has 0 atom stereocenters. The van der Waals surface area contributed by atoms with Crippen molar-refractivity contribution in [3.63, 3.8) is 0 Å². The number of aliphatic imine (C=N–C) groups is 1. The van der Waals surface area contributed by atoms with Crippen LogP contribution in [0.25, 0.3) is 0 Å². The lowest BCUT2D eigenvalue weighted by molar-refractivity contribution is -0.132. The summed E-state index contributed by atoms with van der Waals surface area (Å²) in [6.45, 7) is 2.25. The van der Waals surface area contributed by atoms with E-state index in [0.717, 1.165) is 0 Å². The fraction of sp³-hybridized carbons (Fsp3) is 0.429. The quantitative estimate of drug-likeness (QED) is 0.591. The van der Waals surface area contributed by atoms with Gasteiger partial charge in [-0.3, -0.25) is 4.99 Å². The van der Waals surface area contributed by atoms with Crippen LogP contribution in [0, 0.1) is 0 Å². The summed E-state index contributed by atoms with van der Waals surface area (Å²) in [6, 6.07) is 0. The molecule has 0 amide bonds. The Labute approximate surface area is 64.8 Å². The van der Waals surface area contributed by atoms with Crippen LogP contribution in [-0.4, -0.2) is 35.4 Å². The van der Waals surface area contributed by atoms with Crippen LogP contribution in [0.15, 0.2) is 16.8 Å². The zero-order valence-corrected chi connectivity index (χ0v) is 6.53. The third-order valence-corrected chi connectivity index (χ3v) is 1.50. The topological polar surface area (TPSA) is 52.9 Å². The molecule has 0 saturated carbocycles. The highest BCUT2D eigenvalue weighted by atomic mass is 16.4. The second kappa shape index (κ2) is 2.74. The molecule has 60 valence electrons. The van der Waals surface area contributed by atoms with Gasteiger partial charge in [-0.05, 0) is 6.92 Å². The first-order valence-electron chi connectivity index (χ1n) is 3.28. The van der Waals surface area contributed by atoms with Gasteiger partial charge in [-0.25, -0.2) is 4.79 Å². The van der Waals surface area contributed by atoms with Crippen molar-refractivity contribution < 1.29 is 9.90 Å². The Hall–Kier alpha value is -1.32. The molecular formula is C7H10N2O2. The van der Waals surface area contributed by atoms with E-state index in [1.807, 2.05) is 0 Å². The van der Waals surface area contributed by atoms with Crippen LogP contribution in [-0.2, 0) is 4.79 Å². The molecule has 11 heavy (non-hydrogen) atoms. The zero-order valence-electron chi connectivity index (χ0n) is 6.53. The molecule has 0 saturated heterocycles. The van der Waals surface area contributed by atoms with E-state index in [1.165, 1.54) is 0 Å². The van der Waals surface area contributed by atoms with Crippen LogP contribution in [0.4, 0.5) is 0 Å². The van der Waals surface area contributed by atoms with Crippen LogP contribution in [0.2, 0.25) is 0 Å². The van der Waals surface area contributed by atoms with Gasteiger partial charge in [0.15, 0.2) is 0 Å². The van der Waals surface area contributed by atoms with Gasteiger partial charge >= 0.3 is 5.97 Å². The molecule has 1 N–H and O–H groups in total. The number of rotatable bonds is 1. The van der Waals surface area contributed by atoms with Gasteiger partial charge in [0.1, 0.15) is 6.67 Å². The van der Waals surface area contributed by atoms with Gasteiger partial charge < -0.3 is 10.0 Å². The van der Waals surface area contributed by atoms with Crippen molar-refractivity contribution in [1.29, 1.82) is 0 Å². The smallest absolute Gasteiger partial charge is 0.339 e. The molecule has 1 rings (SSSR count). The van der Waals surface area contributed by atoms with Gasteiger partial charge in [0.2, 0.25) is 0 Å². The van der Waals surface area contributed by atoms with Crippen LogP contribution >= 0.6 is 0 Å². The maximum Gasteiger partial charge on any atom is 0.339 e. The molecule has 1 aliphatic heterocycles. The first-order valence-corrected chi connectivity index (χ1v) is 3.28. The van der Waals surface area contributed by atoms with Gasteiger partial charge in [-0.1, -0.05) is 0 Å². The summed E-state index contributed by atoms with van der Waals surface area (Å²) in [6.07, 6.45) is 1.59. The van der Waals surface area contributed by atoms with E-state index in [9.17, 15) is 4.79 Å². The number of hydrogen-bond acceptors (Lipinski definition) is 3. The average molecular weight is 154 g/mol. The molecule has 0 fully saturated rings. The Morgan fingerprint density at radius 1 is 1.82 bits per heavy atom. The highest BCUT2D eigenvalue weighted by Crippen LogP contribution is 2.06. The van der Waals surface area contributed by atoms with E-state index in [0.29, 0.717) is 12.4 Å². The fourth-order valence-corrected chi connectivity index (χ4v) is 0.867. The molecule has 0 aromatic rings. The minimum absolute atomic E-state index is 0.277. The Bertz CT molecular complexity index is 243. The Morgan fingerprint density at radius 3 is 2.91 bits per heavy atom. The van der Waals surface area contributed by atoms with E-state index < -0.39 is 5.97 Å². The third kappa shape index (κ3) is 1.58. The number of carbonyl (C=O) groups is 1. The lowest BCUT2D eigenvalue weighted by atomic mass is 10.2. The molecule has 0 aromatic carbocycles. The van der Waals surface area contributed by atoms with Crippen molar-refractivity contribution in [2.24, 2.45) is 4.99 Å². The number of carboxylic acids is 1. The van der Waals surface area contributed by atoms with E-state index >= 15 is 0 Å². The van der Waals surface area contributed by atoms with E-state index in [-0.39, 0.29) is 5.57 Å². The second-order valence-corrected chi connectivity index (χ2v) is 2.49. The van der Waals surface area contributed by atoms with Crippen molar-refractivity contribution in [3.8, 4) is 0 Å². The summed E-state index contributed by atoms with van der Waals surface area (Å²) in [5.41, 5.74) is 0.870. The van der Waals surface area contributed by atoms with Gasteiger partial charge in [0.05, 0.1) is 5.57 Å². The molecule has 0 aromatic heterocycles. The summed E-state index contributed by atoms with van der Waals surface area (Å²) in [5.74, 6) is -0.919.